The van der Waals surface area contributed by atoms with Gasteiger partial charge in [0.05, 0.1) is 0 Å². The summed E-state index contributed by atoms with van der Waals surface area (Å²) in [7, 11) is 0. The molecule has 72 valence electrons. The number of phenols is 2. The van der Waals surface area contributed by atoms with Crippen molar-refractivity contribution in [3.8, 4) is 11.5 Å². The number of aromatic nitrogens is 1. The SMILES string of the molecule is Cc1[nH]c(=O)cc2cc(O)c(O)cc12. The van der Waals surface area contributed by atoms with Crippen molar-refractivity contribution in [2.24, 2.45) is 0 Å². The number of pyridine rings is 1. The number of benzene rings is 1. The number of aromatic amines is 1. The average Bonchev–Trinajstić information content (AvgIpc) is 2.08. The van der Waals surface area contributed by atoms with Gasteiger partial charge in [-0.25, -0.2) is 0 Å². The second-order valence-corrected chi connectivity index (χ2v) is 3.19. The summed E-state index contributed by atoms with van der Waals surface area (Å²) >= 11 is 0. The molecule has 0 aliphatic rings. The predicted molar refractivity (Wildman–Crippen MR) is 52.6 cm³/mol. The van der Waals surface area contributed by atoms with Crippen LogP contribution in [0.2, 0.25) is 0 Å². The highest BCUT2D eigenvalue weighted by Crippen LogP contribution is 2.30. The van der Waals surface area contributed by atoms with Gasteiger partial charge < -0.3 is 15.2 Å². The molecule has 2 rings (SSSR count). The molecule has 14 heavy (non-hydrogen) atoms. The van der Waals surface area contributed by atoms with Crippen molar-refractivity contribution in [1.29, 1.82) is 0 Å². The first kappa shape index (κ1) is 8.62. The number of rotatable bonds is 0. The first-order valence-electron chi connectivity index (χ1n) is 4.13. The van der Waals surface area contributed by atoms with Gasteiger partial charge in [-0.1, -0.05) is 0 Å². The van der Waals surface area contributed by atoms with E-state index >= 15 is 0 Å². The van der Waals surface area contributed by atoms with Gasteiger partial charge in [0.2, 0.25) is 5.56 Å². The average molecular weight is 191 g/mol. The zero-order valence-electron chi connectivity index (χ0n) is 7.53. The highest BCUT2D eigenvalue weighted by Gasteiger charge is 2.04. The molecular weight excluding hydrogens is 182 g/mol. The summed E-state index contributed by atoms with van der Waals surface area (Å²) < 4.78 is 0. The van der Waals surface area contributed by atoms with E-state index in [0.717, 1.165) is 5.39 Å². The minimum Gasteiger partial charge on any atom is -0.504 e. The minimum atomic E-state index is -0.222. The van der Waals surface area contributed by atoms with E-state index in [-0.39, 0.29) is 17.1 Å². The van der Waals surface area contributed by atoms with Crippen LogP contribution in [0.15, 0.2) is 23.0 Å². The second-order valence-electron chi connectivity index (χ2n) is 3.19. The molecule has 0 spiro atoms. The highest BCUT2D eigenvalue weighted by atomic mass is 16.3. The van der Waals surface area contributed by atoms with Crippen LogP contribution in [0.25, 0.3) is 10.8 Å². The molecule has 3 N–H and O–H groups in total. The number of aromatic hydroxyl groups is 2. The van der Waals surface area contributed by atoms with E-state index in [4.69, 9.17) is 0 Å². The first-order chi connectivity index (χ1) is 6.58. The van der Waals surface area contributed by atoms with Crippen molar-refractivity contribution in [3.63, 3.8) is 0 Å². The Labute approximate surface area is 79.4 Å². The van der Waals surface area contributed by atoms with Gasteiger partial charge in [-0.2, -0.15) is 0 Å². The molecular formula is C10H9NO3. The van der Waals surface area contributed by atoms with E-state index in [1.807, 2.05) is 0 Å². The molecule has 1 heterocycles. The number of nitrogens with one attached hydrogen (secondary N) is 1. The Morgan fingerprint density at radius 3 is 2.50 bits per heavy atom. The number of hydrogen-bond acceptors (Lipinski definition) is 3. The summed E-state index contributed by atoms with van der Waals surface area (Å²) in [4.78, 5) is 13.7. The molecule has 0 atom stereocenters. The molecule has 0 radical (unpaired) electrons. The number of aryl methyl sites for hydroxylation is 1. The Kier molecular flexibility index (Phi) is 1.70. The third kappa shape index (κ3) is 1.21. The van der Waals surface area contributed by atoms with Crippen LogP contribution >= 0.6 is 0 Å². The van der Waals surface area contributed by atoms with E-state index in [1.54, 1.807) is 6.92 Å². The number of phenolic OH excluding ortho intramolecular Hbond substituents is 2. The molecule has 2 aromatic rings. The van der Waals surface area contributed by atoms with Crippen molar-refractivity contribution in [1.82, 2.24) is 4.98 Å². The van der Waals surface area contributed by atoms with Gasteiger partial charge in [-0.3, -0.25) is 4.79 Å². The Morgan fingerprint density at radius 2 is 1.79 bits per heavy atom. The molecule has 0 aliphatic heterocycles. The lowest BCUT2D eigenvalue weighted by Gasteiger charge is -2.03. The minimum absolute atomic E-state index is 0.187. The fraction of sp³-hybridized carbons (Fsp3) is 0.100. The van der Waals surface area contributed by atoms with Crippen LogP contribution in [0.5, 0.6) is 11.5 Å². The largest absolute Gasteiger partial charge is 0.504 e. The second kappa shape index (κ2) is 2.77. The van der Waals surface area contributed by atoms with E-state index in [2.05, 4.69) is 4.98 Å². The van der Waals surface area contributed by atoms with Gasteiger partial charge >= 0.3 is 0 Å². The maximum absolute atomic E-state index is 11.1. The summed E-state index contributed by atoms with van der Waals surface area (Å²) in [5, 5.41) is 19.8. The molecule has 0 amide bonds. The predicted octanol–water partition coefficient (Wildman–Crippen LogP) is 1.25. The van der Waals surface area contributed by atoms with Gasteiger partial charge in [-0.15, -0.1) is 0 Å². The monoisotopic (exact) mass is 191 g/mol. The lowest BCUT2D eigenvalue weighted by Crippen LogP contribution is -2.05. The summed E-state index contributed by atoms with van der Waals surface area (Å²) in [6.07, 6.45) is 0. The molecule has 0 bridgehead atoms. The molecule has 0 aliphatic carbocycles. The van der Waals surface area contributed by atoms with Crippen LogP contribution in [-0.4, -0.2) is 15.2 Å². The van der Waals surface area contributed by atoms with Gasteiger partial charge in [0.1, 0.15) is 0 Å². The number of fused-ring (bicyclic) bond motifs is 1. The molecule has 0 fully saturated rings. The standard InChI is InChI=1S/C10H9NO3/c1-5-7-4-9(13)8(12)2-6(7)3-10(14)11-5/h2-4,12-13H,1H3,(H,11,14). The van der Waals surface area contributed by atoms with Crippen LogP contribution in [0.4, 0.5) is 0 Å². The maximum Gasteiger partial charge on any atom is 0.248 e. The van der Waals surface area contributed by atoms with Crippen molar-refractivity contribution >= 4 is 10.8 Å². The van der Waals surface area contributed by atoms with Crippen molar-refractivity contribution in [3.05, 3.63) is 34.2 Å². The van der Waals surface area contributed by atoms with E-state index in [0.29, 0.717) is 11.1 Å². The molecule has 0 saturated heterocycles. The summed E-state index contributed by atoms with van der Waals surface area (Å²) in [6, 6.07) is 4.17. The fourth-order valence-electron chi connectivity index (χ4n) is 1.47. The normalized spacial score (nSPS) is 10.6. The zero-order chi connectivity index (χ0) is 10.3. The molecule has 4 heteroatoms. The fourth-order valence-corrected chi connectivity index (χ4v) is 1.47. The van der Waals surface area contributed by atoms with Crippen LogP contribution in [0.3, 0.4) is 0 Å². The van der Waals surface area contributed by atoms with Crippen LogP contribution < -0.4 is 5.56 Å². The highest BCUT2D eigenvalue weighted by molar-refractivity contribution is 5.87. The molecule has 0 unspecified atom stereocenters. The zero-order valence-corrected chi connectivity index (χ0v) is 7.53. The number of H-pyrrole nitrogens is 1. The summed E-state index contributed by atoms with van der Waals surface area (Å²) in [5.74, 6) is -0.407. The number of hydrogen-bond donors (Lipinski definition) is 3. The topological polar surface area (TPSA) is 73.3 Å². The molecule has 0 saturated carbocycles. The third-order valence-corrected chi connectivity index (χ3v) is 2.15. The van der Waals surface area contributed by atoms with E-state index in [1.165, 1.54) is 18.2 Å². The Morgan fingerprint density at radius 1 is 1.14 bits per heavy atom. The van der Waals surface area contributed by atoms with Crippen molar-refractivity contribution < 1.29 is 10.2 Å². The molecule has 1 aromatic carbocycles. The summed E-state index contributed by atoms with van der Waals surface area (Å²) in [5.41, 5.74) is 0.447. The van der Waals surface area contributed by atoms with Crippen LogP contribution in [-0.2, 0) is 0 Å². The Balaban J connectivity index is 2.96. The first-order valence-corrected chi connectivity index (χ1v) is 4.13. The molecule has 1 aromatic heterocycles. The van der Waals surface area contributed by atoms with Gasteiger partial charge in [0.25, 0.3) is 0 Å². The quantitative estimate of drug-likeness (QED) is 0.548. The third-order valence-electron chi connectivity index (χ3n) is 2.15. The smallest absolute Gasteiger partial charge is 0.248 e. The van der Waals surface area contributed by atoms with E-state index in [9.17, 15) is 15.0 Å². The van der Waals surface area contributed by atoms with Crippen molar-refractivity contribution in [2.75, 3.05) is 0 Å². The van der Waals surface area contributed by atoms with Crippen LogP contribution in [0.1, 0.15) is 5.69 Å². The lowest BCUT2D eigenvalue weighted by molar-refractivity contribution is 0.405. The lowest BCUT2D eigenvalue weighted by atomic mass is 10.1. The van der Waals surface area contributed by atoms with Gasteiger partial charge in [0.15, 0.2) is 11.5 Å². The van der Waals surface area contributed by atoms with E-state index < -0.39 is 0 Å². The maximum atomic E-state index is 11.1. The van der Waals surface area contributed by atoms with Gasteiger partial charge in [-0.05, 0) is 24.4 Å². The summed E-state index contributed by atoms with van der Waals surface area (Å²) in [6.45, 7) is 1.74. The molecule has 4 nitrogen and oxygen atoms in total. The van der Waals surface area contributed by atoms with Gasteiger partial charge in [0, 0.05) is 17.1 Å². The van der Waals surface area contributed by atoms with Crippen molar-refractivity contribution in [2.45, 2.75) is 6.92 Å². The Hall–Kier alpha value is -1.97. The Bertz CT molecular complexity index is 557. The van der Waals surface area contributed by atoms with Crippen LogP contribution in [0, 0.1) is 6.92 Å².